The first-order valence-corrected chi connectivity index (χ1v) is 9.58. The van der Waals surface area contributed by atoms with Crippen LogP contribution in [-0.2, 0) is 9.47 Å². The van der Waals surface area contributed by atoms with Crippen molar-refractivity contribution in [1.29, 1.82) is 0 Å². The lowest BCUT2D eigenvalue weighted by Crippen LogP contribution is -2.50. The smallest absolute Gasteiger partial charge is 0.193 e. The summed E-state index contributed by atoms with van der Waals surface area (Å²) in [6.45, 7) is 15.1. The Balaban J connectivity index is 1.59. The van der Waals surface area contributed by atoms with Crippen molar-refractivity contribution in [3.05, 3.63) is 0 Å². The van der Waals surface area contributed by atoms with E-state index in [2.05, 4.69) is 35.9 Å². The van der Waals surface area contributed by atoms with Crippen LogP contribution in [0, 0.1) is 5.41 Å². The lowest BCUT2D eigenvalue weighted by atomic mass is 9.87. The van der Waals surface area contributed by atoms with Crippen LogP contribution in [0.15, 0.2) is 4.99 Å². The van der Waals surface area contributed by atoms with E-state index in [0.29, 0.717) is 17.5 Å². The van der Waals surface area contributed by atoms with Gasteiger partial charge in [-0.15, -0.1) is 0 Å². The minimum Gasteiger partial charge on any atom is -0.381 e. The molecular weight excluding hydrogens is 304 g/mol. The summed E-state index contributed by atoms with van der Waals surface area (Å²) in [6.07, 6.45) is 2.43. The maximum atomic E-state index is 5.65. The molecule has 0 aromatic rings. The zero-order valence-electron chi connectivity index (χ0n) is 15.6. The van der Waals surface area contributed by atoms with Gasteiger partial charge in [-0.1, -0.05) is 0 Å². The number of nitrogens with zero attached hydrogens (tertiary/aromatic N) is 3. The Labute approximate surface area is 146 Å². The van der Waals surface area contributed by atoms with Gasteiger partial charge in [-0.2, -0.15) is 0 Å². The molecule has 0 saturated carbocycles. The second kappa shape index (κ2) is 8.02. The summed E-state index contributed by atoms with van der Waals surface area (Å²) in [7, 11) is 0. The van der Waals surface area contributed by atoms with E-state index in [1.807, 2.05) is 0 Å². The maximum Gasteiger partial charge on any atom is 0.193 e. The molecule has 0 aliphatic carbocycles. The van der Waals surface area contributed by atoms with Crippen molar-refractivity contribution in [2.45, 2.75) is 45.7 Å². The zero-order chi connectivity index (χ0) is 17.0. The third kappa shape index (κ3) is 4.03. The standard InChI is InChI=1S/C18H34N4O2/c1-4-19-17(21-7-5-18(13-21)6-9-24-14-18)20-11-15(2)22-8-10-23-12-16(22)3/h15-16H,4-14H2,1-3H3,(H,19,20). The van der Waals surface area contributed by atoms with Gasteiger partial charge in [0.25, 0.3) is 0 Å². The number of ether oxygens (including phenoxy) is 2. The average Bonchev–Trinajstić information content (AvgIpc) is 3.22. The highest BCUT2D eigenvalue weighted by atomic mass is 16.5. The molecule has 0 aromatic heterocycles. The monoisotopic (exact) mass is 338 g/mol. The van der Waals surface area contributed by atoms with Crippen molar-refractivity contribution in [2.24, 2.45) is 10.4 Å². The van der Waals surface area contributed by atoms with Crippen LogP contribution >= 0.6 is 0 Å². The molecule has 3 heterocycles. The topological polar surface area (TPSA) is 49.3 Å². The van der Waals surface area contributed by atoms with Crippen LogP contribution in [0.25, 0.3) is 0 Å². The molecule has 3 aliphatic rings. The molecule has 6 heteroatoms. The molecule has 24 heavy (non-hydrogen) atoms. The molecule has 1 spiro atoms. The number of hydrogen-bond donors (Lipinski definition) is 1. The van der Waals surface area contributed by atoms with E-state index in [1.165, 1.54) is 12.8 Å². The Morgan fingerprint density at radius 3 is 2.88 bits per heavy atom. The Morgan fingerprint density at radius 1 is 1.29 bits per heavy atom. The Morgan fingerprint density at radius 2 is 2.17 bits per heavy atom. The third-order valence-electron chi connectivity index (χ3n) is 5.75. The van der Waals surface area contributed by atoms with Crippen molar-refractivity contribution in [3.63, 3.8) is 0 Å². The summed E-state index contributed by atoms with van der Waals surface area (Å²) in [4.78, 5) is 9.93. The van der Waals surface area contributed by atoms with Gasteiger partial charge in [-0.3, -0.25) is 9.89 Å². The van der Waals surface area contributed by atoms with E-state index in [1.54, 1.807) is 0 Å². The zero-order valence-corrected chi connectivity index (χ0v) is 15.6. The normalized spacial score (nSPS) is 33.4. The number of nitrogens with one attached hydrogen (secondary N) is 1. The Bertz CT molecular complexity index is 437. The van der Waals surface area contributed by atoms with E-state index in [4.69, 9.17) is 14.5 Å². The molecule has 3 aliphatic heterocycles. The van der Waals surface area contributed by atoms with Gasteiger partial charge in [0, 0.05) is 50.3 Å². The van der Waals surface area contributed by atoms with Crippen LogP contribution in [0.2, 0.25) is 0 Å². The van der Waals surface area contributed by atoms with Crippen LogP contribution in [-0.4, -0.2) is 87.0 Å². The summed E-state index contributed by atoms with van der Waals surface area (Å²) in [5, 5.41) is 3.49. The first-order chi connectivity index (χ1) is 11.6. The van der Waals surface area contributed by atoms with Gasteiger partial charge in [0.2, 0.25) is 0 Å². The second-order valence-electron chi connectivity index (χ2n) is 7.68. The van der Waals surface area contributed by atoms with E-state index >= 15 is 0 Å². The van der Waals surface area contributed by atoms with Crippen molar-refractivity contribution < 1.29 is 9.47 Å². The van der Waals surface area contributed by atoms with Crippen LogP contribution in [0.1, 0.15) is 33.6 Å². The largest absolute Gasteiger partial charge is 0.381 e. The average molecular weight is 338 g/mol. The lowest BCUT2D eigenvalue weighted by Gasteiger charge is -2.37. The highest BCUT2D eigenvalue weighted by Gasteiger charge is 2.42. The fourth-order valence-electron chi connectivity index (χ4n) is 4.23. The Hall–Kier alpha value is -0.850. The molecule has 138 valence electrons. The van der Waals surface area contributed by atoms with E-state index in [9.17, 15) is 0 Å². The second-order valence-corrected chi connectivity index (χ2v) is 7.68. The molecule has 0 bridgehead atoms. The van der Waals surface area contributed by atoms with Gasteiger partial charge in [-0.25, -0.2) is 0 Å². The number of guanidine groups is 1. The molecule has 3 saturated heterocycles. The first-order valence-electron chi connectivity index (χ1n) is 9.58. The van der Waals surface area contributed by atoms with Crippen molar-refractivity contribution in [1.82, 2.24) is 15.1 Å². The number of aliphatic imine (C=N–C) groups is 1. The summed E-state index contributed by atoms with van der Waals surface area (Å²) < 4.78 is 11.2. The van der Waals surface area contributed by atoms with Crippen molar-refractivity contribution in [2.75, 3.05) is 59.2 Å². The number of rotatable bonds is 4. The number of morpholine rings is 1. The summed E-state index contributed by atoms with van der Waals surface area (Å²) >= 11 is 0. The van der Waals surface area contributed by atoms with E-state index in [-0.39, 0.29) is 0 Å². The van der Waals surface area contributed by atoms with Gasteiger partial charge >= 0.3 is 0 Å². The third-order valence-corrected chi connectivity index (χ3v) is 5.75. The molecule has 3 atom stereocenters. The lowest BCUT2D eigenvalue weighted by molar-refractivity contribution is -0.0166. The molecule has 0 aromatic carbocycles. The Kier molecular flexibility index (Phi) is 6.00. The van der Waals surface area contributed by atoms with Crippen LogP contribution < -0.4 is 5.32 Å². The predicted octanol–water partition coefficient (Wildman–Crippen LogP) is 1.17. The predicted molar refractivity (Wildman–Crippen MR) is 96.5 cm³/mol. The molecule has 0 amide bonds. The highest BCUT2D eigenvalue weighted by Crippen LogP contribution is 2.38. The molecule has 3 rings (SSSR count). The molecule has 3 fully saturated rings. The number of hydrogen-bond acceptors (Lipinski definition) is 4. The fourth-order valence-corrected chi connectivity index (χ4v) is 4.23. The maximum absolute atomic E-state index is 5.65. The molecule has 6 nitrogen and oxygen atoms in total. The molecule has 0 radical (unpaired) electrons. The SMILES string of the molecule is CCNC(=NCC(C)N1CCOCC1C)N1CCC2(CCOC2)C1. The highest BCUT2D eigenvalue weighted by molar-refractivity contribution is 5.80. The van der Waals surface area contributed by atoms with Gasteiger partial charge < -0.3 is 19.7 Å². The van der Waals surface area contributed by atoms with Gasteiger partial charge in [0.1, 0.15) is 0 Å². The molecule has 3 unspecified atom stereocenters. The minimum absolute atomic E-state index is 0.376. The van der Waals surface area contributed by atoms with Crippen molar-refractivity contribution >= 4 is 5.96 Å². The first kappa shape index (κ1) is 18.0. The van der Waals surface area contributed by atoms with Crippen LogP contribution in [0.4, 0.5) is 0 Å². The van der Waals surface area contributed by atoms with Gasteiger partial charge in [-0.05, 0) is 33.6 Å². The van der Waals surface area contributed by atoms with Gasteiger partial charge in [0.15, 0.2) is 5.96 Å². The summed E-state index contributed by atoms with van der Waals surface area (Å²) in [5.41, 5.74) is 0.376. The minimum atomic E-state index is 0.376. The number of likely N-dealkylation sites (tertiary alicyclic amines) is 1. The fraction of sp³-hybridized carbons (Fsp3) is 0.944. The summed E-state index contributed by atoms with van der Waals surface area (Å²) in [5.74, 6) is 1.08. The van der Waals surface area contributed by atoms with E-state index in [0.717, 1.165) is 65.1 Å². The summed E-state index contributed by atoms with van der Waals surface area (Å²) in [6, 6.07) is 0.932. The van der Waals surface area contributed by atoms with Crippen LogP contribution in [0.3, 0.4) is 0 Å². The van der Waals surface area contributed by atoms with E-state index < -0.39 is 0 Å². The molecular formula is C18H34N4O2. The van der Waals surface area contributed by atoms with Gasteiger partial charge in [0.05, 0.1) is 26.4 Å². The molecule has 1 N–H and O–H groups in total. The quantitative estimate of drug-likeness (QED) is 0.616. The van der Waals surface area contributed by atoms with Crippen LogP contribution in [0.5, 0.6) is 0 Å². The van der Waals surface area contributed by atoms with Crippen molar-refractivity contribution in [3.8, 4) is 0 Å².